The second-order valence-corrected chi connectivity index (χ2v) is 5.28. The number of oxime groups is 1. The molecule has 10 heteroatoms. The number of hydrogen-bond acceptors (Lipinski definition) is 7. The third kappa shape index (κ3) is 3.48. The van der Waals surface area contributed by atoms with Crippen LogP contribution in [0.3, 0.4) is 0 Å². The van der Waals surface area contributed by atoms with Gasteiger partial charge in [-0.25, -0.2) is 9.78 Å². The number of imidazole rings is 1. The molecule has 2 aromatic rings. The highest BCUT2D eigenvalue weighted by Crippen LogP contribution is 2.03. The molecule has 2 heterocycles. The Kier molecular flexibility index (Phi) is 5.39. The standard InChI is InChI=1S/C14H21N5O5/c1-5-23-9(2)16-24-7-10(20)6-19-13(21)11-12(15-8-17(11)3)18(4)14(19)22/h8,10,20H,5-7H2,1-4H3. The van der Waals surface area contributed by atoms with Crippen molar-refractivity contribution in [2.45, 2.75) is 26.5 Å². The molecule has 132 valence electrons. The Bertz CT molecular complexity index is 863. The average Bonchev–Trinajstić information content (AvgIpc) is 2.91. The van der Waals surface area contributed by atoms with E-state index in [2.05, 4.69) is 10.1 Å². The lowest BCUT2D eigenvalue weighted by atomic mass is 10.3. The van der Waals surface area contributed by atoms with Gasteiger partial charge in [-0.3, -0.25) is 13.9 Å². The summed E-state index contributed by atoms with van der Waals surface area (Å²) in [7, 11) is 3.18. The molecule has 0 aliphatic heterocycles. The summed E-state index contributed by atoms with van der Waals surface area (Å²) in [5.41, 5.74) is -0.484. The fourth-order valence-electron chi connectivity index (χ4n) is 2.27. The van der Waals surface area contributed by atoms with Gasteiger partial charge in [0.15, 0.2) is 11.2 Å². The van der Waals surface area contributed by atoms with Gasteiger partial charge in [-0.1, -0.05) is 5.16 Å². The first-order chi connectivity index (χ1) is 11.4. The van der Waals surface area contributed by atoms with Crippen LogP contribution < -0.4 is 11.2 Å². The quantitative estimate of drug-likeness (QED) is 0.418. The molecule has 24 heavy (non-hydrogen) atoms. The molecule has 2 rings (SSSR count). The number of nitrogens with zero attached hydrogens (tertiary/aromatic N) is 5. The first-order valence-corrected chi connectivity index (χ1v) is 7.45. The molecule has 2 aromatic heterocycles. The normalized spacial score (nSPS) is 13.3. The van der Waals surface area contributed by atoms with E-state index in [1.54, 1.807) is 14.0 Å². The Balaban J connectivity index is 2.21. The molecule has 1 N–H and O–H groups in total. The number of ether oxygens (including phenoxy) is 1. The largest absolute Gasteiger partial charge is 0.479 e. The van der Waals surface area contributed by atoms with Crippen LogP contribution in [0.1, 0.15) is 13.8 Å². The minimum absolute atomic E-state index is 0.177. The molecular formula is C14H21N5O5. The molecule has 0 aliphatic rings. The van der Waals surface area contributed by atoms with Crippen molar-refractivity contribution in [1.82, 2.24) is 18.7 Å². The van der Waals surface area contributed by atoms with Gasteiger partial charge < -0.3 is 19.2 Å². The minimum Gasteiger partial charge on any atom is -0.479 e. The van der Waals surface area contributed by atoms with E-state index in [1.807, 2.05) is 6.92 Å². The van der Waals surface area contributed by atoms with E-state index < -0.39 is 17.4 Å². The fourth-order valence-corrected chi connectivity index (χ4v) is 2.27. The summed E-state index contributed by atoms with van der Waals surface area (Å²) in [6.45, 7) is 3.49. The van der Waals surface area contributed by atoms with E-state index in [9.17, 15) is 14.7 Å². The number of aryl methyl sites for hydroxylation is 2. The highest BCUT2D eigenvalue weighted by atomic mass is 16.7. The van der Waals surface area contributed by atoms with Crippen molar-refractivity contribution >= 4 is 17.1 Å². The van der Waals surface area contributed by atoms with Crippen LogP contribution in [-0.2, 0) is 30.2 Å². The maximum atomic E-state index is 12.5. The molecule has 0 aromatic carbocycles. The highest BCUT2D eigenvalue weighted by Gasteiger charge is 2.17. The summed E-state index contributed by atoms with van der Waals surface area (Å²) >= 11 is 0. The highest BCUT2D eigenvalue weighted by molar-refractivity contribution is 5.72. The molecule has 1 atom stereocenters. The van der Waals surface area contributed by atoms with Gasteiger partial charge in [-0.2, -0.15) is 0 Å². The molecule has 0 fully saturated rings. The van der Waals surface area contributed by atoms with Crippen LogP contribution in [0.4, 0.5) is 0 Å². The number of rotatable bonds is 6. The molecule has 0 bridgehead atoms. The van der Waals surface area contributed by atoms with Crippen molar-refractivity contribution in [2.24, 2.45) is 19.3 Å². The smallest absolute Gasteiger partial charge is 0.332 e. The van der Waals surface area contributed by atoms with Crippen molar-refractivity contribution in [2.75, 3.05) is 13.2 Å². The summed E-state index contributed by atoms with van der Waals surface area (Å²) < 4.78 is 8.83. The fraction of sp³-hybridized carbons (Fsp3) is 0.571. The zero-order valence-corrected chi connectivity index (χ0v) is 14.1. The second kappa shape index (κ2) is 7.30. The van der Waals surface area contributed by atoms with Crippen molar-refractivity contribution < 1.29 is 14.7 Å². The van der Waals surface area contributed by atoms with E-state index in [0.717, 1.165) is 4.57 Å². The number of aliphatic hydroxyl groups excluding tert-OH is 1. The SMILES string of the molecule is CCOC(C)=NOCC(O)Cn1c(=O)c2c(ncn2C)n(C)c1=O. The maximum absolute atomic E-state index is 12.5. The first kappa shape index (κ1) is 17.7. The maximum Gasteiger partial charge on any atom is 0.332 e. The summed E-state index contributed by atoms with van der Waals surface area (Å²) in [5.74, 6) is 0.328. The predicted molar refractivity (Wildman–Crippen MR) is 86.9 cm³/mol. The van der Waals surface area contributed by atoms with Crippen LogP contribution in [0.15, 0.2) is 21.1 Å². The van der Waals surface area contributed by atoms with Crippen molar-refractivity contribution in [3.05, 3.63) is 27.2 Å². The molecule has 0 saturated heterocycles. The van der Waals surface area contributed by atoms with Gasteiger partial charge in [0.2, 0.25) is 5.90 Å². The van der Waals surface area contributed by atoms with Crippen LogP contribution >= 0.6 is 0 Å². The third-order valence-corrected chi connectivity index (χ3v) is 3.41. The molecule has 0 radical (unpaired) electrons. The second-order valence-electron chi connectivity index (χ2n) is 5.28. The van der Waals surface area contributed by atoms with Crippen LogP contribution in [-0.4, -0.2) is 49.0 Å². The van der Waals surface area contributed by atoms with Gasteiger partial charge in [-0.15, -0.1) is 0 Å². The zero-order valence-electron chi connectivity index (χ0n) is 14.1. The zero-order chi connectivity index (χ0) is 17.9. The topological polar surface area (TPSA) is 113 Å². The molecule has 0 aliphatic carbocycles. The Morgan fingerprint density at radius 3 is 2.79 bits per heavy atom. The van der Waals surface area contributed by atoms with Gasteiger partial charge >= 0.3 is 5.69 Å². The van der Waals surface area contributed by atoms with E-state index in [4.69, 9.17) is 9.57 Å². The lowest BCUT2D eigenvalue weighted by Gasteiger charge is -2.12. The summed E-state index contributed by atoms with van der Waals surface area (Å²) in [5, 5.41) is 13.7. The third-order valence-electron chi connectivity index (χ3n) is 3.41. The monoisotopic (exact) mass is 339 g/mol. The molecule has 0 spiro atoms. The Morgan fingerprint density at radius 1 is 1.42 bits per heavy atom. The lowest BCUT2D eigenvalue weighted by Crippen LogP contribution is -2.42. The van der Waals surface area contributed by atoms with Crippen LogP contribution in [0.25, 0.3) is 11.2 Å². The van der Waals surface area contributed by atoms with Crippen LogP contribution in [0.5, 0.6) is 0 Å². The summed E-state index contributed by atoms with van der Waals surface area (Å²) in [6.07, 6.45) is 0.375. The van der Waals surface area contributed by atoms with Crippen molar-refractivity contribution in [3.63, 3.8) is 0 Å². The summed E-state index contributed by atoms with van der Waals surface area (Å²) in [4.78, 5) is 33.8. The molecular weight excluding hydrogens is 318 g/mol. The van der Waals surface area contributed by atoms with Gasteiger partial charge in [0, 0.05) is 21.0 Å². The number of aliphatic hydroxyl groups is 1. The van der Waals surface area contributed by atoms with E-state index in [0.29, 0.717) is 18.2 Å². The first-order valence-electron chi connectivity index (χ1n) is 7.45. The predicted octanol–water partition coefficient (Wildman–Crippen LogP) is -0.819. The minimum atomic E-state index is -1.08. The van der Waals surface area contributed by atoms with Gasteiger partial charge in [0.25, 0.3) is 5.56 Å². The van der Waals surface area contributed by atoms with E-state index >= 15 is 0 Å². The molecule has 0 saturated carbocycles. The van der Waals surface area contributed by atoms with Gasteiger partial charge in [-0.05, 0) is 6.92 Å². The number of hydrogen-bond donors (Lipinski definition) is 1. The number of aromatic nitrogens is 4. The molecule has 10 nitrogen and oxygen atoms in total. The Labute approximate surface area is 137 Å². The number of fused-ring (bicyclic) bond motifs is 1. The molecule has 0 amide bonds. The lowest BCUT2D eigenvalue weighted by molar-refractivity contribution is 0.0265. The summed E-state index contributed by atoms with van der Waals surface area (Å²) in [6, 6.07) is 0. The Hall–Kier alpha value is -2.62. The average molecular weight is 339 g/mol. The Morgan fingerprint density at radius 2 is 2.12 bits per heavy atom. The van der Waals surface area contributed by atoms with Crippen molar-refractivity contribution in [3.8, 4) is 0 Å². The van der Waals surface area contributed by atoms with Crippen LogP contribution in [0.2, 0.25) is 0 Å². The van der Waals surface area contributed by atoms with E-state index in [1.165, 1.54) is 22.5 Å². The van der Waals surface area contributed by atoms with Crippen LogP contribution in [0, 0.1) is 0 Å². The van der Waals surface area contributed by atoms with Gasteiger partial charge in [0.1, 0.15) is 12.7 Å². The van der Waals surface area contributed by atoms with Crippen molar-refractivity contribution in [1.29, 1.82) is 0 Å². The van der Waals surface area contributed by atoms with Gasteiger partial charge in [0.05, 0.1) is 19.5 Å². The molecule has 1 unspecified atom stereocenters. The van der Waals surface area contributed by atoms with E-state index in [-0.39, 0.29) is 18.7 Å².